The minimum absolute atomic E-state index is 0.196. The zero-order valence-electron chi connectivity index (χ0n) is 11.8. The van der Waals surface area contributed by atoms with Crippen LogP contribution < -0.4 is 10.6 Å². The highest BCUT2D eigenvalue weighted by Crippen LogP contribution is 2.10. The Morgan fingerprint density at radius 2 is 2.20 bits per heavy atom. The number of aromatic nitrogens is 2. The van der Waals surface area contributed by atoms with Gasteiger partial charge in [0, 0.05) is 12.2 Å². The largest absolute Gasteiger partial charge is 0.480 e. The number of thioether (sulfide) groups is 1. The Morgan fingerprint density at radius 1 is 1.50 bits per heavy atom. The first kappa shape index (κ1) is 16.4. The van der Waals surface area contributed by atoms with E-state index in [2.05, 4.69) is 15.7 Å². The van der Waals surface area contributed by atoms with Crippen LogP contribution in [0, 0.1) is 0 Å². The minimum atomic E-state index is -1.04. The summed E-state index contributed by atoms with van der Waals surface area (Å²) in [5.41, 5.74) is 0.533. The van der Waals surface area contributed by atoms with Gasteiger partial charge >= 0.3 is 12.0 Å². The molecule has 0 fully saturated rings. The molecule has 0 saturated carbocycles. The smallest absolute Gasteiger partial charge is 0.326 e. The normalized spacial score (nSPS) is 12.2. The number of hydrogen-bond acceptors (Lipinski definition) is 4. The maximum absolute atomic E-state index is 11.7. The molecular formula is C12H20N4O3S. The summed E-state index contributed by atoms with van der Waals surface area (Å²) in [4.78, 5) is 22.8. The molecule has 0 aromatic carbocycles. The molecule has 1 unspecified atom stereocenters. The molecule has 0 bridgehead atoms. The monoisotopic (exact) mass is 300 g/mol. The molecule has 0 aliphatic rings. The van der Waals surface area contributed by atoms with Crippen molar-refractivity contribution in [2.24, 2.45) is 0 Å². The molecule has 1 aromatic heterocycles. The zero-order chi connectivity index (χ0) is 15.1. The van der Waals surface area contributed by atoms with Crippen molar-refractivity contribution in [2.45, 2.75) is 32.4 Å². The summed E-state index contributed by atoms with van der Waals surface area (Å²) in [5.74, 6) is -0.366. The first-order valence-corrected chi connectivity index (χ1v) is 7.66. The number of carboxylic acid groups (broad SMARTS) is 1. The Hall–Kier alpha value is -1.70. The van der Waals surface area contributed by atoms with Crippen LogP contribution in [-0.4, -0.2) is 44.9 Å². The molecule has 20 heavy (non-hydrogen) atoms. The van der Waals surface area contributed by atoms with Gasteiger partial charge in [0.1, 0.15) is 6.04 Å². The van der Waals surface area contributed by atoms with Crippen LogP contribution in [0.25, 0.3) is 0 Å². The highest BCUT2D eigenvalue weighted by Gasteiger charge is 2.19. The summed E-state index contributed by atoms with van der Waals surface area (Å²) >= 11 is 1.54. The van der Waals surface area contributed by atoms with E-state index in [1.165, 1.54) is 18.0 Å². The van der Waals surface area contributed by atoms with Gasteiger partial charge < -0.3 is 15.7 Å². The maximum Gasteiger partial charge on any atom is 0.326 e. The summed E-state index contributed by atoms with van der Waals surface area (Å²) < 4.78 is 1.71. The average molecular weight is 300 g/mol. The van der Waals surface area contributed by atoms with Gasteiger partial charge in [0.05, 0.1) is 11.9 Å². The molecule has 0 aliphatic heterocycles. The third kappa shape index (κ3) is 5.12. The predicted octanol–water partition coefficient (Wildman–Crippen LogP) is 1.79. The minimum Gasteiger partial charge on any atom is -0.480 e. The van der Waals surface area contributed by atoms with Crippen molar-refractivity contribution in [1.82, 2.24) is 15.1 Å². The van der Waals surface area contributed by atoms with Gasteiger partial charge in [-0.25, -0.2) is 9.59 Å². The van der Waals surface area contributed by atoms with Crippen molar-refractivity contribution in [3.05, 3.63) is 12.4 Å². The fraction of sp³-hybridized carbons (Fsp3) is 0.583. The molecule has 0 saturated heterocycles. The van der Waals surface area contributed by atoms with Crippen LogP contribution in [0.2, 0.25) is 0 Å². The molecule has 3 N–H and O–H groups in total. The standard InChI is InChI=1S/C12H20N4O3S/c1-8(2)16-7-9(6-13-16)14-12(19)15-10(11(17)18)4-5-20-3/h6-8,10H,4-5H2,1-3H3,(H,17,18)(H2,14,15,19). The number of anilines is 1. The molecule has 1 atom stereocenters. The second kappa shape index (κ2) is 7.78. The number of amides is 2. The van der Waals surface area contributed by atoms with Gasteiger partial charge in [0.25, 0.3) is 0 Å². The van der Waals surface area contributed by atoms with Crippen molar-refractivity contribution >= 4 is 29.4 Å². The third-order valence-corrected chi connectivity index (χ3v) is 3.25. The molecule has 2 amide bonds. The van der Waals surface area contributed by atoms with Gasteiger partial charge in [-0.3, -0.25) is 4.68 Å². The predicted molar refractivity (Wildman–Crippen MR) is 79.2 cm³/mol. The lowest BCUT2D eigenvalue weighted by Crippen LogP contribution is -2.43. The molecule has 8 heteroatoms. The Bertz CT molecular complexity index is 461. The third-order valence-electron chi connectivity index (χ3n) is 2.60. The van der Waals surface area contributed by atoms with Gasteiger partial charge in [-0.05, 0) is 32.3 Å². The van der Waals surface area contributed by atoms with Crippen molar-refractivity contribution in [2.75, 3.05) is 17.3 Å². The molecule has 0 aliphatic carbocycles. The molecule has 0 spiro atoms. The van der Waals surface area contributed by atoms with Crippen LogP contribution >= 0.6 is 11.8 Å². The lowest BCUT2D eigenvalue weighted by Gasteiger charge is -2.14. The molecule has 1 aromatic rings. The van der Waals surface area contributed by atoms with E-state index in [-0.39, 0.29) is 6.04 Å². The first-order valence-electron chi connectivity index (χ1n) is 6.27. The summed E-state index contributed by atoms with van der Waals surface area (Å²) in [6.07, 6.45) is 5.49. The van der Waals surface area contributed by atoms with Crippen LogP contribution in [0.3, 0.4) is 0 Å². The second-order valence-electron chi connectivity index (χ2n) is 4.57. The summed E-state index contributed by atoms with van der Waals surface area (Å²) in [5, 5.41) is 18.1. The fourth-order valence-electron chi connectivity index (χ4n) is 1.50. The van der Waals surface area contributed by atoms with Crippen molar-refractivity contribution in [3.63, 3.8) is 0 Å². The van der Waals surface area contributed by atoms with E-state index in [4.69, 9.17) is 5.11 Å². The molecule has 1 rings (SSSR count). The van der Waals surface area contributed by atoms with E-state index in [0.717, 1.165) is 0 Å². The number of nitrogens with zero attached hydrogens (tertiary/aromatic N) is 2. The van der Waals surface area contributed by atoms with E-state index in [9.17, 15) is 9.59 Å². The topological polar surface area (TPSA) is 96.3 Å². The van der Waals surface area contributed by atoms with E-state index >= 15 is 0 Å². The number of hydrogen-bond donors (Lipinski definition) is 3. The number of carboxylic acids is 1. The van der Waals surface area contributed by atoms with Gasteiger partial charge in [0.15, 0.2) is 0 Å². The van der Waals surface area contributed by atoms with Gasteiger partial charge in [0.2, 0.25) is 0 Å². The van der Waals surface area contributed by atoms with Gasteiger partial charge in [-0.15, -0.1) is 0 Å². The van der Waals surface area contributed by atoms with E-state index in [1.54, 1.807) is 10.9 Å². The van der Waals surface area contributed by atoms with Gasteiger partial charge in [-0.2, -0.15) is 16.9 Å². The molecule has 7 nitrogen and oxygen atoms in total. The summed E-state index contributed by atoms with van der Waals surface area (Å²) in [6.45, 7) is 3.94. The van der Waals surface area contributed by atoms with Crippen molar-refractivity contribution in [1.29, 1.82) is 0 Å². The number of rotatable bonds is 7. The van der Waals surface area contributed by atoms with Gasteiger partial charge in [-0.1, -0.05) is 0 Å². The maximum atomic E-state index is 11.7. The number of carbonyl (C=O) groups excluding carboxylic acids is 1. The number of urea groups is 1. The van der Waals surface area contributed by atoms with Crippen LogP contribution in [0.5, 0.6) is 0 Å². The molecule has 1 heterocycles. The van der Waals surface area contributed by atoms with Crippen LogP contribution in [0.15, 0.2) is 12.4 Å². The van der Waals surface area contributed by atoms with Crippen molar-refractivity contribution < 1.29 is 14.7 Å². The Kier molecular flexibility index (Phi) is 6.37. The zero-order valence-corrected chi connectivity index (χ0v) is 12.6. The molecule has 112 valence electrons. The molecular weight excluding hydrogens is 280 g/mol. The number of aliphatic carboxylic acids is 1. The van der Waals surface area contributed by atoms with Crippen LogP contribution in [-0.2, 0) is 4.79 Å². The van der Waals surface area contributed by atoms with Crippen LogP contribution in [0.1, 0.15) is 26.3 Å². The van der Waals surface area contributed by atoms with E-state index in [1.807, 2.05) is 20.1 Å². The molecule has 0 radical (unpaired) electrons. The fourth-order valence-corrected chi connectivity index (χ4v) is 1.97. The Labute approximate surface area is 122 Å². The quantitative estimate of drug-likeness (QED) is 0.713. The van der Waals surface area contributed by atoms with E-state index < -0.39 is 18.0 Å². The van der Waals surface area contributed by atoms with Crippen LogP contribution in [0.4, 0.5) is 10.5 Å². The van der Waals surface area contributed by atoms with E-state index in [0.29, 0.717) is 17.9 Å². The second-order valence-corrected chi connectivity index (χ2v) is 5.56. The Morgan fingerprint density at radius 3 is 2.70 bits per heavy atom. The SMILES string of the molecule is CSCCC(NC(=O)Nc1cnn(C(C)C)c1)C(=O)O. The lowest BCUT2D eigenvalue weighted by atomic mass is 10.2. The average Bonchev–Trinajstić information content (AvgIpc) is 2.82. The highest BCUT2D eigenvalue weighted by molar-refractivity contribution is 7.98. The highest BCUT2D eigenvalue weighted by atomic mass is 32.2. The summed E-state index contributed by atoms with van der Waals surface area (Å²) in [6, 6.07) is -1.23. The van der Waals surface area contributed by atoms with Crippen molar-refractivity contribution in [3.8, 4) is 0 Å². The number of nitrogens with one attached hydrogen (secondary N) is 2. The number of carbonyl (C=O) groups is 2. The first-order chi connectivity index (χ1) is 9.43. The Balaban J connectivity index is 2.54. The lowest BCUT2D eigenvalue weighted by molar-refractivity contribution is -0.139. The summed E-state index contributed by atoms with van der Waals surface area (Å²) in [7, 11) is 0.